The Hall–Kier alpha value is -2.69. The van der Waals surface area contributed by atoms with Crippen molar-refractivity contribution >= 4 is 0 Å². The van der Waals surface area contributed by atoms with Crippen LogP contribution in [0.5, 0.6) is 5.75 Å². The van der Waals surface area contributed by atoms with Gasteiger partial charge in [0, 0.05) is 6.20 Å². The topological polar surface area (TPSA) is 61.0 Å². The predicted molar refractivity (Wildman–Crippen MR) is 77.8 cm³/mol. The second-order valence-corrected chi connectivity index (χ2v) is 4.71. The lowest BCUT2D eigenvalue weighted by Crippen LogP contribution is -1.98. The number of pyridine rings is 1. The lowest BCUT2D eigenvalue weighted by atomic mass is 10.1. The van der Waals surface area contributed by atoms with Gasteiger partial charge in [-0.25, -0.2) is 0 Å². The summed E-state index contributed by atoms with van der Waals surface area (Å²) in [5.74, 6) is 1.72. The van der Waals surface area contributed by atoms with Crippen LogP contribution in [0.4, 0.5) is 0 Å². The largest absolute Gasteiger partial charge is 0.483 e. The first-order valence-corrected chi connectivity index (χ1v) is 6.67. The molecule has 1 aromatic carbocycles. The van der Waals surface area contributed by atoms with E-state index >= 15 is 0 Å². The van der Waals surface area contributed by atoms with E-state index in [-0.39, 0.29) is 6.61 Å². The molecule has 0 saturated heterocycles. The number of hydrogen-bond acceptors (Lipinski definition) is 5. The molecule has 0 aliphatic carbocycles. The molecule has 5 heteroatoms. The summed E-state index contributed by atoms with van der Waals surface area (Å²) < 4.78 is 10.9. The molecular weight excluding hydrogens is 266 g/mol. The molecule has 3 rings (SSSR count). The second-order valence-electron chi connectivity index (χ2n) is 4.71. The summed E-state index contributed by atoms with van der Waals surface area (Å²) in [6.45, 7) is 4.32. The van der Waals surface area contributed by atoms with Crippen LogP contribution in [0.25, 0.3) is 11.5 Å². The SMILES string of the molecule is Cc1cccc(OCc2nc(-c3ccccn3)no2)c1C. The first-order valence-electron chi connectivity index (χ1n) is 6.67. The van der Waals surface area contributed by atoms with E-state index in [2.05, 4.69) is 15.1 Å². The number of benzene rings is 1. The summed E-state index contributed by atoms with van der Waals surface area (Å²) >= 11 is 0. The molecule has 5 nitrogen and oxygen atoms in total. The lowest BCUT2D eigenvalue weighted by molar-refractivity contribution is 0.241. The number of ether oxygens (including phenoxy) is 1. The summed E-state index contributed by atoms with van der Waals surface area (Å²) in [5.41, 5.74) is 2.98. The minimum Gasteiger partial charge on any atom is -0.483 e. The third-order valence-electron chi connectivity index (χ3n) is 3.27. The van der Waals surface area contributed by atoms with E-state index in [1.807, 2.05) is 50.2 Å². The third-order valence-corrected chi connectivity index (χ3v) is 3.27. The molecule has 0 amide bonds. The van der Waals surface area contributed by atoms with Crippen molar-refractivity contribution in [2.24, 2.45) is 0 Å². The van der Waals surface area contributed by atoms with Crippen LogP contribution in [0.1, 0.15) is 17.0 Å². The quantitative estimate of drug-likeness (QED) is 0.734. The van der Waals surface area contributed by atoms with Crippen molar-refractivity contribution in [1.29, 1.82) is 0 Å². The van der Waals surface area contributed by atoms with E-state index < -0.39 is 0 Å². The number of nitrogens with zero attached hydrogens (tertiary/aromatic N) is 3. The highest BCUT2D eigenvalue weighted by atomic mass is 16.5. The summed E-state index contributed by atoms with van der Waals surface area (Å²) in [6.07, 6.45) is 1.69. The van der Waals surface area contributed by atoms with Gasteiger partial charge in [-0.2, -0.15) is 4.98 Å². The summed E-state index contributed by atoms with van der Waals surface area (Å²) in [5, 5.41) is 3.91. The van der Waals surface area contributed by atoms with E-state index in [1.54, 1.807) is 6.20 Å². The van der Waals surface area contributed by atoms with Crippen LogP contribution in [0, 0.1) is 13.8 Å². The van der Waals surface area contributed by atoms with Gasteiger partial charge in [0.1, 0.15) is 11.4 Å². The van der Waals surface area contributed by atoms with Crippen LogP contribution in [-0.2, 0) is 6.61 Å². The van der Waals surface area contributed by atoms with Crippen molar-refractivity contribution in [3.8, 4) is 17.3 Å². The lowest BCUT2D eigenvalue weighted by Gasteiger charge is -2.08. The molecule has 2 aromatic heterocycles. The predicted octanol–water partition coefficient (Wildman–Crippen LogP) is 3.33. The molecule has 0 spiro atoms. The molecule has 0 atom stereocenters. The highest BCUT2D eigenvalue weighted by Gasteiger charge is 2.10. The Morgan fingerprint density at radius 2 is 2.00 bits per heavy atom. The molecule has 0 radical (unpaired) electrons. The van der Waals surface area contributed by atoms with Crippen LogP contribution in [-0.4, -0.2) is 15.1 Å². The molecule has 0 unspecified atom stereocenters. The first-order chi connectivity index (χ1) is 10.2. The van der Waals surface area contributed by atoms with Crippen molar-refractivity contribution in [3.05, 3.63) is 59.6 Å². The maximum Gasteiger partial charge on any atom is 0.264 e. The Kier molecular flexibility index (Phi) is 3.64. The van der Waals surface area contributed by atoms with Crippen LogP contribution in [0.15, 0.2) is 47.1 Å². The van der Waals surface area contributed by atoms with Gasteiger partial charge in [0.15, 0.2) is 6.61 Å². The van der Waals surface area contributed by atoms with Crippen molar-refractivity contribution in [2.75, 3.05) is 0 Å². The van der Waals surface area contributed by atoms with Gasteiger partial charge < -0.3 is 9.26 Å². The van der Waals surface area contributed by atoms with E-state index in [4.69, 9.17) is 9.26 Å². The van der Waals surface area contributed by atoms with Gasteiger partial charge in [0.05, 0.1) is 0 Å². The molecule has 2 heterocycles. The molecule has 3 aromatic rings. The molecule has 0 aliphatic heterocycles. The fourth-order valence-corrected chi connectivity index (χ4v) is 1.93. The van der Waals surface area contributed by atoms with Crippen LogP contribution < -0.4 is 4.74 Å². The Bertz CT molecular complexity index is 738. The summed E-state index contributed by atoms with van der Waals surface area (Å²) in [6, 6.07) is 11.5. The van der Waals surface area contributed by atoms with Crippen LogP contribution >= 0.6 is 0 Å². The molecule has 0 bridgehead atoms. The fourth-order valence-electron chi connectivity index (χ4n) is 1.93. The molecule has 0 N–H and O–H groups in total. The van der Waals surface area contributed by atoms with Gasteiger partial charge in [-0.15, -0.1) is 0 Å². The van der Waals surface area contributed by atoms with Gasteiger partial charge in [-0.05, 0) is 43.2 Å². The van der Waals surface area contributed by atoms with Gasteiger partial charge in [-0.3, -0.25) is 4.98 Å². The average molecular weight is 281 g/mol. The molecule has 0 fully saturated rings. The van der Waals surface area contributed by atoms with Gasteiger partial charge in [0.25, 0.3) is 5.89 Å². The number of rotatable bonds is 4. The minimum absolute atomic E-state index is 0.240. The standard InChI is InChI=1S/C16H15N3O2/c1-11-6-5-8-14(12(11)2)20-10-15-18-16(19-21-15)13-7-3-4-9-17-13/h3-9H,10H2,1-2H3. The van der Waals surface area contributed by atoms with E-state index in [0.29, 0.717) is 17.4 Å². The zero-order valence-electron chi connectivity index (χ0n) is 11.9. The number of hydrogen-bond donors (Lipinski definition) is 0. The smallest absolute Gasteiger partial charge is 0.264 e. The fraction of sp³-hybridized carbons (Fsp3) is 0.188. The van der Waals surface area contributed by atoms with E-state index in [0.717, 1.165) is 11.3 Å². The Balaban J connectivity index is 1.72. The monoisotopic (exact) mass is 281 g/mol. The Morgan fingerprint density at radius 3 is 2.81 bits per heavy atom. The van der Waals surface area contributed by atoms with Gasteiger partial charge in [-0.1, -0.05) is 23.4 Å². The normalized spacial score (nSPS) is 10.6. The van der Waals surface area contributed by atoms with Crippen molar-refractivity contribution in [3.63, 3.8) is 0 Å². The molecule has 0 aliphatic rings. The maximum atomic E-state index is 5.74. The molecule has 106 valence electrons. The molecular formula is C16H15N3O2. The maximum absolute atomic E-state index is 5.74. The Morgan fingerprint density at radius 1 is 1.10 bits per heavy atom. The Labute approximate surface area is 122 Å². The van der Waals surface area contributed by atoms with Gasteiger partial charge in [0.2, 0.25) is 5.82 Å². The summed E-state index contributed by atoms with van der Waals surface area (Å²) in [7, 11) is 0. The molecule has 0 saturated carbocycles. The van der Waals surface area contributed by atoms with Gasteiger partial charge >= 0.3 is 0 Å². The van der Waals surface area contributed by atoms with Crippen molar-refractivity contribution in [1.82, 2.24) is 15.1 Å². The number of aromatic nitrogens is 3. The highest BCUT2D eigenvalue weighted by molar-refractivity contribution is 5.47. The van der Waals surface area contributed by atoms with Crippen LogP contribution in [0.3, 0.4) is 0 Å². The average Bonchev–Trinajstić information content (AvgIpc) is 2.99. The van der Waals surface area contributed by atoms with Crippen molar-refractivity contribution in [2.45, 2.75) is 20.5 Å². The van der Waals surface area contributed by atoms with Crippen LogP contribution in [0.2, 0.25) is 0 Å². The second kappa shape index (κ2) is 5.75. The molecule has 21 heavy (non-hydrogen) atoms. The zero-order chi connectivity index (χ0) is 14.7. The zero-order valence-corrected chi connectivity index (χ0v) is 11.9. The van der Waals surface area contributed by atoms with E-state index in [1.165, 1.54) is 5.56 Å². The third kappa shape index (κ3) is 2.91. The first kappa shape index (κ1) is 13.3. The van der Waals surface area contributed by atoms with E-state index in [9.17, 15) is 0 Å². The minimum atomic E-state index is 0.240. The summed E-state index contributed by atoms with van der Waals surface area (Å²) in [4.78, 5) is 8.46. The number of aryl methyl sites for hydroxylation is 1. The highest BCUT2D eigenvalue weighted by Crippen LogP contribution is 2.21. The van der Waals surface area contributed by atoms with Crippen molar-refractivity contribution < 1.29 is 9.26 Å².